The molecule has 0 saturated heterocycles. The van der Waals surface area contributed by atoms with Gasteiger partial charge in [0.2, 0.25) is 0 Å². The van der Waals surface area contributed by atoms with Crippen LogP contribution in [0.15, 0.2) is 24.3 Å². The molecule has 84 valence electrons. The monoisotopic (exact) mass is 217 g/mol. The van der Waals surface area contributed by atoms with Gasteiger partial charge in [0.25, 0.3) is 0 Å². The van der Waals surface area contributed by atoms with E-state index in [0.29, 0.717) is 0 Å². The van der Waals surface area contributed by atoms with E-state index in [1.807, 2.05) is 37.3 Å². The van der Waals surface area contributed by atoms with Crippen molar-refractivity contribution in [2.45, 2.75) is 19.9 Å². The third-order valence-corrected chi connectivity index (χ3v) is 2.36. The number of amides is 2. The van der Waals surface area contributed by atoms with Gasteiger partial charge in [0.15, 0.2) is 0 Å². The highest BCUT2D eigenvalue weighted by Gasteiger charge is 2.14. The Morgan fingerprint density at radius 2 is 2.25 bits per heavy atom. The summed E-state index contributed by atoms with van der Waals surface area (Å²) < 4.78 is 0. The van der Waals surface area contributed by atoms with Gasteiger partial charge in [-0.15, -0.1) is 0 Å². The Hall–Kier alpha value is -2.02. The summed E-state index contributed by atoms with van der Waals surface area (Å²) in [5.41, 5.74) is 1.82. The van der Waals surface area contributed by atoms with Gasteiger partial charge in [-0.2, -0.15) is 5.26 Å². The number of anilines is 1. The molecule has 0 saturated carbocycles. The second kappa shape index (κ2) is 5.17. The molecule has 0 aliphatic rings. The number of urea groups is 1. The van der Waals surface area contributed by atoms with Crippen LogP contribution in [-0.2, 0) is 0 Å². The number of carbonyl (C=O) groups is 1. The maximum Gasteiger partial charge on any atom is 0.322 e. The highest BCUT2D eigenvalue weighted by atomic mass is 16.2. The van der Waals surface area contributed by atoms with E-state index < -0.39 is 6.04 Å². The third-order valence-electron chi connectivity index (χ3n) is 2.36. The average Bonchev–Trinajstić information content (AvgIpc) is 2.27. The first kappa shape index (κ1) is 12.1. The Morgan fingerprint density at radius 3 is 2.81 bits per heavy atom. The molecule has 0 spiro atoms. The summed E-state index contributed by atoms with van der Waals surface area (Å²) >= 11 is 0. The molecule has 1 aromatic rings. The van der Waals surface area contributed by atoms with Gasteiger partial charge >= 0.3 is 6.03 Å². The number of nitriles is 1. The molecule has 1 rings (SSSR count). The van der Waals surface area contributed by atoms with Crippen LogP contribution in [-0.4, -0.2) is 24.0 Å². The normalized spacial score (nSPS) is 11.4. The van der Waals surface area contributed by atoms with Crippen LogP contribution in [0, 0.1) is 18.3 Å². The summed E-state index contributed by atoms with van der Waals surface area (Å²) in [6.45, 7) is 3.63. The van der Waals surface area contributed by atoms with E-state index in [-0.39, 0.29) is 6.03 Å². The number of hydrogen-bond acceptors (Lipinski definition) is 2. The molecule has 16 heavy (non-hydrogen) atoms. The first-order valence-electron chi connectivity index (χ1n) is 5.04. The molecule has 4 nitrogen and oxygen atoms in total. The topological polar surface area (TPSA) is 56.1 Å². The number of nitrogens with one attached hydrogen (secondary N) is 1. The largest absolute Gasteiger partial charge is 0.322 e. The van der Waals surface area contributed by atoms with E-state index in [1.165, 1.54) is 4.90 Å². The van der Waals surface area contributed by atoms with Crippen LogP contribution in [0.25, 0.3) is 0 Å². The molecule has 1 atom stereocenters. The zero-order valence-electron chi connectivity index (χ0n) is 9.69. The van der Waals surface area contributed by atoms with Gasteiger partial charge in [-0.25, -0.2) is 4.79 Å². The number of rotatable bonds is 2. The lowest BCUT2D eigenvalue weighted by Crippen LogP contribution is -2.37. The summed E-state index contributed by atoms with van der Waals surface area (Å²) in [7, 11) is 1.60. The van der Waals surface area contributed by atoms with Crippen LogP contribution < -0.4 is 5.32 Å². The molecule has 0 bridgehead atoms. The van der Waals surface area contributed by atoms with Crippen LogP contribution in [0.2, 0.25) is 0 Å². The lowest BCUT2D eigenvalue weighted by atomic mass is 10.2. The van der Waals surface area contributed by atoms with Crippen molar-refractivity contribution in [3.8, 4) is 6.07 Å². The van der Waals surface area contributed by atoms with Crippen LogP contribution in [0.4, 0.5) is 10.5 Å². The first-order chi connectivity index (χ1) is 7.54. The van der Waals surface area contributed by atoms with Gasteiger partial charge in [0.1, 0.15) is 6.04 Å². The second-order valence-electron chi connectivity index (χ2n) is 3.72. The quantitative estimate of drug-likeness (QED) is 0.826. The third kappa shape index (κ3) is 2.99. The van der Waals surface area contributed by atoms with E-state index >= 15 is 0 Å². The number of hydrogen-bond donors (Lipinski definition) is 1. The van der Waals surface area contributed by atoms with Gasteiger partial charge in [-0.1, -0.05) is 12.1 Å². The van der Waals surface area contributed by atoms with Crippen molar-refractivity contribution < 1.29 is 4.79 Å². The molecule has 0 radical (unpaired) electrons. The number of aryl methyl sites for hydroxylation is 1. The summed E-state index contributed by atoms with van der Waals surface area (Å²) in [5, 5.41) is 11.4. The molecule has 0 aliphatic heterocycles. The van der Waals surface area contributed by atoms with Crippen molar-refractivity contribution in [3.63, 3.8) is 0 Å². The Labute approximate surface area is 95.5 Å². The molecule has 1 aromatic carbocycles. The highest BCUT2D eigenvalue weighted by molar-refractivity contribution is 5.89. The van der Waals surface area contributed by atoms with Crippen LogP contribution in [0.5, 0.6) is 0 Å². The predicted molar refractivity (Wildman–Crippen MR) is 63.0 cm³/mol. The first-order valence-corrected chi connectivity index (χ1v) is 5.04. The van der Waals surface area contributed by atoms with E-state index in [9.17, 15) is 4.79 Å². The maximum absolute atomic E-state index is 11.7. The lowest BCUT2D eigenvalue weighted by Gasteiger charge is -2.19. The molecule has 4 heteroatoms. The van der Waals surface area contributed by atoms with Crippen molar-refractivity contribution >= 4 is 11.7 Å². The zero-order valence-corrected chi connectivity index (χ0v) is 9.69. The van der Waals surface area contributed by atoms with Crippen LogP contribution >= 0.6 is 0 Å². The van der Waals surface area contributed by atoms with Crippen molar-refractivity contribution in [2.75, 3.05) is 12.4 Å². The Morgan fingerprint density at radius 1 is 1.56 bits per heavy atom. The summed E-state index contributed by atoms with van der Waals surface area (Å²) in [5.74, 6) is 0. The van der Waals surface area contributed by atoms with Crippen molar-refractivity contribution in [1.29, 1.82) is 5.26 Å². The fraction of sp³-hybridized carbons (Fsp3) is 0.333. The van der Waals surface area contributed by atoms with Crippen molar-refractivity contribution in [1.82, 2.24) is 4.90 Å². The Kier molecular flexibility index (Phi) is 3.90. The van der Waals surface area contributed by atoms with E-state index in [1.54, 1.807) is 14.0 Å². The molecular formula is C12H15N3O. The smallest absolute Gasteiger partial charge is 0.312 e. The van der Waals surface area contributed by atoms with Gasteiger partial charge < -0.3 is 10.2 Å². The second-order valence-corrected chi connectivity index (χ2v) is 3.72. The number of benzene rings is 1. The molecule has 1 unspecified atom stereocenters. The van der Waals surface area contributed by atoms with Gasteiger partial charge in [0.05, 0.1) is 6.07 Å². The fourth-order valence-corrected chi connectivity index (χ4v) is 1.20. The molecule has 0 fully saturated rings. The number of carbonyl (C=O) groups excluding carboxylic acids is 1. The van der Waals surface area contributed by atoms with Crippen molar-refractivity contribution in [2.24, 2.45) is 0 Å². The van der Waals surface area contributed by atoms with Gasteiger partial charge in [-0.05, 0) is 31.5 Å². The van der Waals surface area contributed by atoms with Crippen molar-refractivity contribution in [3.05, 3.63) is 29.8 Å². The summed E-state index contributed by atoms with van der Waals surface area (Å²) in [6.07, 6.45) is 0. The van der Waals surface area contributed by atoms with Crippen LogP contribution in [0.3, 0.4) is 0 Å². The predicted octanol–water partition coefficient (Wildman–Crippen LogP) is 2.37. The van der Waals surface area contributed by atoms with E-state index in [4.69, 9.17) is 5.26 Å². The SMILES string of the molecule is Cc1cccc(NC(=O)N(C)C(C)C#N)c1. The van der Waals surface area contributed by atoms with E-state index in [0.717, 1.165) is 11.3 Å². The van der Waals surface area contributed by atoms with Gasteiger partial charge in [0, 0.05) is 12.7 Å². The molecular weight excluding hydrogens is 202 g/mol. The van der Waals surface area contributed by atoms with Crippen LogP contribution in [0.1, 0.15) is 12.5 Å². The Balaban J connectivity index is 2.69. The minimum absolute atomic E-state index is 0.278. The minimum atomic E-state index is -0.440. The number of nitrogens with zero attached hydrogens (tertiary/aromatic N) is 2. The molecule has 0 heterocycles. The lowest BCUT2D eigenvalue weighted by molar-refractivity contribution is 0.217. The van der Waals surface area contributed by atoms with Gasteiger partial charge in [-0.3, -0.25) is 0 Å². The fourth-order valence-electron chi connectivity index (χ4n) is 1.20. The van der Waals surface area contributed by atoms with E-state index in [2.05, 4.69) is 5.32 Å². The molecule has 0 aromatic heterocycles. The molecule has 2 amide bonds. The minimum Gasteiger partial charge on any atom is -0.312 e. The molecule has 1 N–H and O–H groups in total. The maximum atomic E-state index is 11.7. The standard InChI is InChI=1S/C12H15N3O/c1-9-5-4-6-11(7-9)14-12(16)15(3)10(2)8-13/h4-7,10H,1-3H3,(H,14,16). The molecule has 0 aliphatic carbocycles. The Bertz CT molecular complexity index is 423. The highest BCUT2D eigenvalue weighted by Crippen LogP contribution is 2.10. The summed E-state index contributed by atoms with van der Waals surface area (Å²) in [4.78, 5) is 13.1. The average molecular weight is 217 g/mol. The summed E-state index contributed by atoms with van der Waals surface area (Å²) in [6, 6.07) is 8.81. The zero-order chi connectivity index (χ0) is 12.1.